The summed E-state index contributed by atoms with van der Waals surface area (Å²) in [4.78, 5) is 140. The fourth-order valence-electron chi connectivity index (χ4n) is 7.56. The number of nitrogens with two attached hydrogens (primary N) is 6. The number of unbranched alkanes of at least 4 members (excludes halogenated alkanes) is 1. The number of aromatic hydroxyl groups is 1. The summed E-state index contributed by atoms with van der Waals surface area (Å²) < 4.78 is 0. The molecule has 0 bridgehead atoms. The molecule has 80 heavy (non-hydrogen) atoms. The summed E-state index contributed by atoms with van der Waals surface area (Å²) in [6, 6.07) is -5.87. The molecule has 450 valence electrons. The van der Waals surface area contributed by atoms with Gasteiger partial charge in [0.15, 0.2) is 11.9 Å². The van der Waals surface area contributed by atoms with Crippen LogP contribution in [0, 0.1) is 11.8 Å². The predicted octanol–water partition coefficient (Wildman–Crippen LogP) is -5.30. The fourth-order valence-corrected chi connectivity index (χ4v) is 7.56. The number of aliphatic imine (C=N–C) groups is 2. The molecule has 9 atom stereocenters. The molecular weight excluding hydrogens is 1050 g/mol. The number of carbonyl (C=O) groups is 10. The average Bonchev–Trinajstić information content (AvgIpc) is 3.38. The number of aliphatic hydroxyl groups is 1. The number of benzene rings is 1. The highest BCUT2D eigenvalue weighted by molar-refractivity contribution is 5.98. The Bertz CT molecular complexity index is 2260. The number of aliphatic carboxylic acids is 1. The highest BCUT2D eigenvalue weighted by atomic mass is 16.4. The average molecular weight is 1130 g/mol. The molecule has 0 spiro atoms. The number of carboxylic acid groups (broad SMARTS) is 1. The first-order valence-corrected chi connectivity index (χ1v) is 26.5. The number of phenolic OH excluding ortho intramolecular Hbond substituents is 1. The fraction of sp³-hybridized carbons (Fsp3) is 0.640. The Hall–Kier alpha value is -7.86. The second kappa shape index (κ2) is 37.1. The van der Waals surface area contributed by atoms with E-state index in [9.17, 15) is 63.3 Å². The lowest BCUT2D eigenvalue weighted by atomic mass is 10.0. The van der Waals surface area contributed by atoms with Crippen LogP contribution in [0.3, 0.4) is 0 Å². The molecule has 0 aliphatic rings. The zero-order chi connectivity index (χ0) is 60.6. The van der Waals surface area contributed by atoms with E-state index in [1.54, 1.807) is 27.7 Å². The number of phenols is 1. The Morgan fingerprint density at radius 2 is 0.950 bits per heavy atom. The van der Waals surface area contributed by atoms with Gasteiger partial charge in [-0.3, -0.25) is 53.1 Å². The number of guanidine groups is 2. The Kier molecular flexibility index (Phi) is 32.5. The molecule has 0 unspecified atom stereocenters. The summed E-state index contributed by atoms with van der Waals surface area (Å²) in [5.74, 6) is -9.45. The minimum Gasteiger partial charge on any atom is -0.508 e. The Balaban J connectivity index is 3.12. The number of nitrogens with zero attached hydrogens (tertiary/aromatic N) is 2. The minimum atomic E-state index is -1.66. The number of hydrogen-bond acceptors (Lipinski definition) is 16. The Morgan fingerprint density at radius 1 is 0.512 bits per heavy atom. The molecular formula is C50H87N17O13. The summed E-state index contributed by atoms with van der Waals surface area (Å²) >= 11 is 0. The molecule has 0 saturated carbocycles. The Labute approximate surface area is 465 Å². The van der Waals surface area contributed by atoms with Gasteiger partial charge >= 0.3 is 5.97 Å². The lowest BCUT2D eigenvalue weighted by molar-refractivity contribution is -0.142. The second-order valence-corrected chi connectivity index (χ2v) is 20.0. The van der Waals surface area contributed by atoms with Crippen molar-refractivity contribution < 1.29 is 63.3 Å². The van der Waals surface area contributed by atoms with Gasteiger partial charge in [0.05, 0.1) is 19.2 Å². The smallest absolute Gasteiger partial charge is 0.326 e. The van der Waals surface area contributed by atoms with Gasteiger partial charge in [-0.25, -0.2) is 4.79 Å². The van der Waals surface area contributed by atoms with Crippen molar-refractivity contribution in [1.29, 1.82) is 0 Å². The molecule has 0 heterocycles. The van der Waals surface area contributed by atoms with Crippen molar-refractivity contribution in [2.75, 3.05) is 32.8 Å². The summed E-state index contributed by atoms with van der Waals surface area (Å²) in [7, 11) is 0. The standard InChI is InChI=1S/C50H87N17O13/c1-26(2)21-35(43(74)59-24-39(70)62-36(22-27(3)4)45(76)60-28(5)40(71)64-34(48(79)80)13-10-20-58-50(55)56)66-44(75)33(12-7-8-18-51)63-47(78)38(25-68)67-41(72)29(6)61-46(77)37(23-30-14-16-31(69)17-15-30)65-42(73)32(52)11-9-19-57-49(53)54/h14-17,26-29,32-38,68-69H,7-13,18-25,51-52H2,1-6H3,(H,59,74)(H,60,76)(H,61,77)(H,62,70)(H,63,78)(H,64,71)(H,65,73)(H,66,75)(H,67,72)(H,79,80)(H4,53,54,57)(H4,55,56,58)/t28-,29-,32-,33-,34-,35-,36-,37-,38-/m0/s1. The van der Waals surface area contributed by atoms with Gasteiger partial charge in [-0.1, -0.05) is 39.8 Å². The second-order valence-electron chi connectivity index (χ2n) is 20.0. The number of amides is 9. The molecule has 1 aromatic carbocycles. The third-order valence-corrected chi connectivity index (χ3v) is 11.9. The van der Waals surface area contributed by atoms with Gasteiger partial charge in [0, 0.05) is 19.5 Å². The lowest BCUT2D eigenvalue weighted by Crippen LogP contribution is -2.60. The highest BCUT2D eigenvalue weighted by Gasteiger charge is 2.33. The van der Waals surface area contributed by atoms with Crippen molar-refractivity contribution in [2.45, 2.75) is 160 Å². The van der Waals surface area contributed by atoms with Crippen molar-refractivity contribution in [1.82, 2.24) is 47.9 Å². The number of carbonyl (C=O) groups excluding carboxylic acids is 9. The van der Waals surface area contributed by atoms with Crippen molar-refractivity contribution in [3.8, 4) is 5.75 Å². The van der Waals surface area contributed by atoms with Gasteiger partial charge in [0.2, 0.25) is 53.2 Å². The number of nitrogens with one attached hydrogen (secondary N) is 9. The summed E-state index contributed by atoms with van der Waals surface area (Å²) in [6.45, 7) is 8.68. The van der Waals surface area contributed by atoms with E-state index in [-0.39, 0.29) is 94.1 Å². The third kappa shape index (κ3) is 28.7. The molecule has 30 heteroatoms. The molecule has 1 aromatic rings. The van der Waals surface area contributed by atoms with Crippen LogP contribution in [-0.4, -0.2) is 174 Å². The normalized spacial score (nSPS) is 14.4. The van der Waals surface area contributed by atoms with E-state index in [2.05, 4.69) is 57.8 Å². The molecule has 0 saturated heterocycles. The first-order valence-electron chi connectivity index (χ1n) is 26.5. The first-order chi connectivity index (χ1) is 37.6. The van der Waals surface area contributed by atoms with E-state index in [0.717, 1.165) is 0 Å². The van der Waals surface area contributed by atoms with E-state index >= 15 is 0 Å². The summed E-state index contributed by atoms with van der Waals surface area (Å²) in [6.07, 6.45) is 1.56. The number of aliphatic hydroxyl groups excluding tert-OH is 1. The molecule has 1 rings (SSSR count). The van der Waals surface area contributed by atoms with Crippen LogP contribution in [0.1, 0.15) is 105 Å². The van der Waals surface area contributed by atoms with Crippen LogP contribution >= 0.6 is 0 Å². The maximum atomic E-state index is 13.9. The monoisotopic (exact) mass is 1130 g/mol. The number of rotatable bonds is 38. The van der Waals surface area contributed by atoms with Crippen LogP contribution in [0.15, 0.2) is 34.3 Å². The molecule has 24 N–H and O–H groups in total. The van der Waals surface area contributed by atoms with Gasteiger partial charge in [-0.15, -0.1) is 0 Å². The molecule has 30 nitrogen and oxygen atoms in total. The summed E-state index contributed by atoms with van der Waals surface area (Å²) in [5.41, 5.74) is 33.6. The number of carboxylic acids is 1. The number of hydrogen-bond donors (Lipinski definition) is 18. The SMILES string of the molecule is CC(C)C[C@H](NC(=O)CNC(=O)[C@H](CC(C)C)NC(=O)[C@H](CCCCN)NC(=O)[C@H](CO)NC(=O)[C@H](C)NC(=O)[C@H](Cc1ccc(O)cc1)NC(=O)[C@@H](N)CCCN=C(N)N)C(=O)N[C@@H](C)C(=O)N[C@@H](CCCN=C(N)N)C(=O)O. The van der Waals surface area contributed by atoms with E-state index in [0.29, 0.717) is 24.8 Å². The predicted molar refractivity (Wildman–Crippen MR) is 296 cm³/mol. The molecule has 0 aliphatic heterocycles. The maximum absolute atomic E-state index is 13.9. The van der Waals surface area contributed by atoms with E-state index < -0.39 is 127 Å². The topological polar surface area (TPSA) is 520 Å². The van der Waals surface area contributed by atoms with E-state index in [1.807, 2.05) is 0 Å². The van der Waals surface area contributed by atoms with Crippen LogP contribution in [0.5, 0.6) is 5.75 Å². The molecule has 0 radical (unpaired) electrons. The van der Waals surface area contributed by atoms with Crippen molar-refractivity contribution in [3.63, 3.8) is 0 Å². The van der Waals surface area contributed by atoms with Gasteiger partial charge in [0.1, 0.15) is 54.1 Å². The zero-order valence-corrected chi connectivity index (χ0v) is 46.5. The maximum Gasteiger partial charge on any atom is 0.326 e. The van der Waals surface area contributed by atoms with Gasteiger partial charge in [0.25, 0.3) is 0 Å². The van der Waals surface area contributed by atoms with Crippen LogP contribution < -0.4 is 82.3 Å². The van der Waals surface area contributed by atoms with Crippen LogP contribution in [-0.2, 0) is 54.4 Å². The van der Waals surface area contributed by atoms with Gasteiger partial charge in [-0.05, 0) is 108 Å². The summed E-state index contributed by atoms with van der Waals surface area (Å²) in [5, 5.41) is 52.0. The van der Waals surface area contributed by atoms with Crippen LogP contribution in [0.25, 0.3) is 0 Å². The molecule has 0 aromatic heterocycles. The van der Waals surface area contributed by atoms with Gasteiger partial charge < -0.3 is 97.6 Å². The lowest BCUT2D eigenvalue weighted by Gasteiger charge is -2.26. The largest absolute Gasteiger partial charge is 0.508 e. The van der Waals surface area contributed by atoms with Gasteiger partial charge in [-0.2, -0.15) is 0 Å². The quantitative estimate of drug-likeness (QED) is 0.0167. The molecule has 0 fully saturated rings. The minimum absolute atomic E-state index is 0.000233. The zero-order valence-electron chi connectivity index (χ0n) is 46.5. The first kappa shape index (κ1) is 70.2. The van der Waals surface area contributed by atoms with E-state index in [4.69, 9.17) is 34.4 Å². The molecule has 9 amide bonds. The van der Waals surface area contributed by atoms with Crippen molar-refractivity contribution in [2.24, 2.45) is 56.2 Å². The van der Waals surface area contributed by atoms with Crippen LogP contribution in [0.2, 0.25) is 0 Å². The Morgan fingerprint density at radius 3 is 1.45 bits per heavy atom. The van der Waals surface area contributed by atoms with Crippen molar-refractivity contribution in [3.05, 3.63) is 29.8 Å². The van der Waals surface area contributed by atoms with Crippen molar-refractivity contribution >= 4 is 71.1 Å². The third-order valence-electron chi connectivity index (χ3n) is 11.9. The highest BCUT2D eigenvalue weighted by Crippen LogP contribution is 2.13. The van der Waals surface area contributed by atoms with E-state index in [1.165, 1.54) is 38.1 Å². The molecule has 0 aliphatic carbocycles. The van der Waals surface area contributed by atoms with Crippen LogP contribution in [0.4, 0.5) is 0 Å².